The van der Waals surface area contributed by atoms with Gasteiger partial charge in [0, 0.05) is 20.8 Å². The molecule has 0 aliphatic heterocycles. The number of nitrogens with one attached hydrogen (secondary N) is 2. The second-order valence-corrected chi connectivity index (χ2v) is 6.69. The van der Waals surface area contributed by atoms with Gasteiger partial charge in [0.05, 0.1) is 12.6 Å². The van der Waals surface area contributed by atoms with Crippen LogP contribution in [-0.2, 0) is 15.9 Å². The average molecular weight is 426 g/mol. The van der Waals surface area contributed by atoms with Crippen molar-refractivity contribution in [1.29, 1.82) is 5.26 Å². The highest BCUT2D eigenvalue weighted by Gasteiger charge is 2.20. The molecule has 0 amide bonds. The van der Waals surface area contributed by atoms with Crippen LogP contribution in [-0.4, -0.2) is 52.3 Å². The Bertz CT molecular complexity index is 717. The molecule has 0 atom stereocenters. The van der Waals surface area contributed by atoms with Gasteiger partial charge in [0.15, 0.2) is 24.0 Å². The predicted molar refractivity (Wildman–Crippen MR) is 107 cm³/mol. The number of rotatable bonds is 11. The van der Waals surface area contributed by atoms with E-state index >= 15 is 0 Å². The number of aliphatic imine (C=N–C) groups is 1. The first kappa shape index (κ1) is 23.6. The zero-order valence-corrected chi connectivity index (χ0v) is 17.2. The first-order chi connectivity index (χ1) is 14.5. The van der Waals surface area contributed by atoms with Crippen LogP contribution in [0.4, 0.5) is 8.78 Å². The van der Waals surface area contributed by atoms with E-state index in [0.717, 1.165) is 31.2 Å². The molecule has 1 aromatic carbocycles. The molecule has 1 fully saturated rings. The van der Waals surface area contributed by atoms with E-state index in [1.807, 2.05) is 6.19 Å². The van der Waals surface area contributed by atoms with E-state index in [-0.39, 0.29) is 24.4 Å². The van der Waals surface area contributed by atoms with Crippen LogP contribution in [0.25, 0.3) is 0 Å². The van der Waals surface area contributed by atoms with Crippen molar-refractivity contribution in [2.24, 2.45) is 4.99 Å². The fourth-order valence-corrected chi connectivity index (χ4v) is 3.11. The summed E-state index contributed by atoms with van der Waals surface area (Å²) in [6.07, 6.45) is 5.83. The standard InChI is InChI=1S/C20H28F2N4O4/c1-27-18(28-2)12-25-20(26-13-23)24-10-9-14-7-8-16(30-19(21)22)17(11-14)29-15-5-3-4-6-15/h7-8,11,15,18-19H,3-6,9-10,12H2,1-2H3,(H2,24,25,26). The Hall–Kier alpha value is -2.64. The Morgan fingerprint density at radius 3 is 2.60 bits per heavy atom. The zero-order chi connectivity index (χ0) is 21.8. The van der Waals surface area contributed by atoms with Crippen molar-refractivity contribution in [1.82, 2.24) is 10.6 Å². The van der Waals surface area contributed by atoms with Crippen molar-refractivity contribution in [2.45, 2.75) is 51.1 Å². The summed E-state index contributed by atoms with van der Waals surface area (Å²) in [6, 6.07) is 4.93. The Morgan fingerprint density at radius 1 is 1.23 bits per heavy atom. The van der Waals surface area contributed by atoms with Crippen LogP contribution in [0.1, 0.15) is 31.2 Å². The third kappa shape index (κ3) is 8.00. The molecule has 1 aliphatic carbocycles. The quantitative estimate of drug-likeness (QED) is 0.185. The number of halogens is 2. The molecule has 1 aliphatic rings. The third-order valence-corrected chi connectivity index (χ3v) is 4.62. The summed E-state index contributed by atoms with van der Waals surface area (Å²) in [5, 5.41) is 14.4. The average Bonchev–Trinajstić information content (AvgIpc) is 3.23. The maximum Gasteiger partial charge on any atom is 0.387 e. The number of nitrogens with zero attached hydrogens (tertiary/aromatic N) is 2. The smallest absolute Gasteiger partial charge is 0.387 e. The largest absolute Gasteiger partial charge is 0.487 e. The Labute approximate surface area is 175 Å². The minimum Gasteiger partial charge on any atom is -0.487 e. The number of hydrogen-bond acceptors (Lipinski definition) is 6. The molecule has 0 radical (unpaired) electrons. The number of alkyl halides is 2. The van der Waals surface area contributed by atoms with Crippen LogP contribution in [0.5, 0.6) is 11.5 Å². The maximum absolute atomic E-state index is 12.7. The number of nitriles is 1. The molecule has 0 heterocycles. The number of methoxy groups -OCH3 is 2. The molecule has 166 valence electrons. The number of benzene rings is 1. The lowest BCUT2D eigenvalue weighted by atomic mass is 10.1. The summed E-state index contributed by atoms with van der Waals surface area (Å²) >= 11 is 0. The molecule has 0 unspecified atom stereocenters. The van der Waals surface area contributed by atoms with E-state index in [1.165, 1.54) is 20.3 Å². The van der Waals surface area contributed by atoms with Crippen molar-refractivity contribution in [3.05, 3.63) is 23.8 Å². The van der Waals surface area contributed by atoms with E-state index in [1.54, 1.807) is 12.1 Å². The first-order valence-corrected chi connectivity index (χ1v) is 9.79. The molecular formula is C20H28F2N4O4. The molecule has 10 heteroatoms. The molecular weight excluding hydrogens is 398 g/mol. The van der Waals surface area contributed by atoms with Gasteiger partial charge in [0.2, 0.25) is 5.96 Å². The summed E-state index contributed by atoms with van der Waals surface area (Å²) < 4.78 is 46.1. The lowest BCUT2D eigenvalue weighted by molar-refractivity contribution is -0.0937. The van der Waals surface area contributed by atoms with Gasteiger partial charge in [-0.25, -0.2) is 4.99 Å². The van der Waals surface area contributed by atoms with Crippen molar-refractivity contribution in [2.75, 3.05) is 27.3 Å². The number of hydrogen-bond donors (Lipinski definition) is 2. The molecule has 2 N–H and O–H groups in total. The van der Waals surface area contributed by atoms with Gasteiger partial charge in [-0.3, -0.25) is 5.32 Å². The van der Waals surface area contributed by atoms with Crippen molar-refractivity contribution in [3.63, 3.8) is 0 Å². The highest BCUT2D eigenvalue weighted by atomic mass is 19.3. The highest BCUT2D eigenvalue weighted by molar-refractivity contribution is 5.81. The van der Waals surface area contributed by atoms with Gasteiger partial charge in [0.1, 0.15) is 0 Å². The first-order valence-electron chi connectivity index (χ1n) is 9.79. The van der Waals surface area contributed by atoms with E-state index in [2.05, 4.69) is 20.4 Å². The fourth-order valence-electron chi connectivity index (χ4n) is 3.11. The summed E-state index contributed by atoms with van der Waals surface area (Å²) in [6.45, 7) is -2.25. The molecule has 2 rings (SSSR count). The molecule has 0 spiro atoms. The Morgan fingerprint density at radius 2 is 1.97 bits per heavy atom. The summed E-state index contributed by atoms with van der Waals surface area (Å²) in [5.41, 5.74) is 0.875. The maximum atomic E-state index is 12.7. The van der Waals surface area contributed by atoms with Gasteiger partial charge < -0.3 is 24.3 Å². The summed E-state index contributed by atoms with van der Waals surface area (Å²) in [4.78, 5) is 4.21. The van der Waals surface area contributed by atoms with Gasteiger partial charge >= 0.3 is 6.61 Å². The van der Waals surface area contributed by atoms with Crippen LogP contribution in [0.3, 0.4) is 0 Å². The SMILES string of the molecule is COC(CN=C(NC#N)NCCc1ccc(OC(F)F)c(OC2CCCC2)c1)OC. The lowest BCUT2D eigenvalue weighted by Crippen LogP contribution is -2.36. The van der Waals surface area contributed by atoms with Crippen molar-refractivity contribution >= 4 is 5.96 Å². The summed E-state index contributed by atoms with van der Waals surface area (Å²) in [7, 11) is 3.00. The van der Waals surface area contributed by atoms with Crippen LogP contribution in [0.2, 0.25) is 0 Å². The van der Waals surface area contributed by atoms with Crippen LogP contribution < -0.4 is 20.1 Å². The van der Waals surface area contributed by atoms with E-state index in [9.17, 15) is 8.78 Å². The van der Waals surface area contributed by atoms with Crippen molar-refractivity contribution < 1.29 is 27.7 Å². The Kier molecular flexibility index (Phi) is 10.1. The monoisotopic (exact) mass is 426 g/mol. The fraction of sp³-hybridized carbons (Fsp3) is 0.600. The second-order valence-electron chi connectivity index (χ2n) is 6.69. The normalized spacial score (nSPS) is 14.8. The lowest BCUT2D eigenvalue weighted by Gasteiger charge is -2.18. The van der Waals surface area contributed by atoms with Gasteiger partial charge in [-0.15, -0.1) is 0 Å². The molecule has 0 saturated heterocycles. The van der Waals surface area contributed by atoms with Crippen LogP contribution in [0.15, 0.2) is 23.2 Å². The van der Waals surface area contributed by atoms with Crippen LogP contribution >= 0.6 is 0 Å². The number of guanidine groups is 1. The second kappa shape index (κ2) is 12.8. The third-order valence-electron chi connectivity index (χ3n) is 4.62. The highest BCUT2D eigenvalue weighted by Crippen LogP contribution is 2.33. The number of ether oxygens (including phenoxy) is 4. The minimum absolute atomic E-state index is 0.0199. The van der Waals surface area contributed by atoms with Gasteiger partial charge in [-0.1, -0.05) is 6.07 Å². The molecule has 30 heavy (non-hydrogen) atoms. The molecule has 1 aromatic rings. The zero-order valence-electron chi connectivity index (χ0n) is 17.2. The van der Waals surface area contributed by atoms with Gasteiger partial charge in [-0.05, 0) is 49.8 Å². The van der Waals surface area contributed by atoms with E-state index in [0.29, 0.717) is 18.7 Å². The minimum atomic E-state index is -2.91. The van der Waals surface area contributed by atoms with Crippen LogP contribution in [0, 0.1) is 11.5 Å². The Balaban J connectivity index is 1.98. The molecule has 1 saturated carbocycles. The molecule has 0 aromatic heterocycles. The molecule has 0 bridgehead atoms. The predicted octanol–water partition coefficient (Wildman–Crippen LogP) is 2.79. The van der Waals surface area contributed by atoms with Gasteiger partial charge in [-0.2, -0.15) is 14.0 Å². The van der Waals surface area contributed by atoms with E-state index in [4.69, 9.17) is 19.5 Å². The topological polar surface area (TPSA) is 97.1 Å². The van der Waals surface area contributed by atoms with Crippen molar-refractivity contribution in [3.8, 4) is 17.7 Å². The molecule has 8 nitrogen and oxygen atoms in total. The van der Waals surface area contributed by atoms with E-state index < -0.39 is 12.9 Å². The van der Waals surface area contributed by atoms with Gasteiger partial charge in [0.25, 0.3) is 0 Å². The summed E-state index contributed by atoms with van der Waals surface area (Å²) in [5.74, 6) is 0.649.